The molecule has 3 heterocycles. The number of nitrogens with zero attached hydrogens (tertiary/aromatic N) is 2. The molecule has 22 heavy (non-hydrogen) atoms. The van der Waals surface area contributed by atoms with E-state index < -0.39 is 5.92 Å². The van der Waals surface area contributed by atoms with Gasteiger partial charge in [-0.25, -0.2) is 0 Å². The van der Waals surface area contributed by atoms with E-state index in [1.165, 1.54) is 0 Å². The Morgan fingerprint density at radius 1 is 1.41 bits per heavy atom. The van der Waals surface area contributed by atoms with Crippen molar-refractivity contribution in [3.63, 3.8) is 0 Å². The van der Waals surface area contributed by atoms with E-state index in [2.05, 4.69) is 6.07 Å². The van der Waals surface area contributed by atoms with Gasteiger partial charge in [0.2, 0.25) is 5.88 Å². The first-order valence-corrected chi connectivity index (χ1v) is 7.60. The minimum absolute atomic E-state index is 0.0682. The summed E-state index contributed by atoms with van der Waals surface area (Å²) in [5.74, 6) is 0.0404. The highest BCUT2D eigenvalue weighted by Crippen LogP contribution is 2.42. The zero-order chi connectivity index (χ0) is 16.0. The summed E-state index contributed by atoms with van der Waals surface area (Å²) in [6.45, 7) is 3.82. The number of nitrogens with two attached hydrogens (primary N) is 1. The molecule has 6 heteroatoms. The summed E-state index contributed by atoms with van der Waals surface area (Å²) in [6, 6.07) is 7.79. The van der Waals surface area contributed by atoms with Crippen LogP contribution in [0.15, 0.2) is 34.4 Å². The second kappa shape index (κ2) is 5.04. The molecule has 1 atom stereocenters. The maximum atomic E-state index is 12.7. The van der Waals surface area contributed by atoms with Gasteiger partial charge in [-0.2, -0.15) is 5.26 Å². The average Bonchev–Trinajstić information content (AvgIpc) is 2.90. The first kappa shape index (κ1) is 14.4. The van der Waals surface area contributed by atoms with Crippen molar-refractivity contribution in [1.82, 2.24) is 4.57 Å². The molecule has 0 unspecified atom stereocenters. The van der Waals surface area contributed by atoms with Crippen LogP contribution in [-0.4, -0.2) is 4.57 Å². The van der Waals surface area contributed by atoms with Crippen LogP contribution in [0.2, 0.25) is 0 Å². The SMILES string of the molecule is Cc1ccc([C@H]2C(C#N)=C(N)Oc3cc(C)n(C)c(=O)c32)s1. The van der Waals surface area contributed by atoms with E-state index in [1.54, 1.807) is 29.0 Å². The van der Waals surface area contributed by atoms with Crippen LogP contribution in [0.5, 0.6) is 5.75 Å². The van der Waals surface area contributed by atoms with Crippen molar-refractivity contribution in [1.29, 1.82) is 5.26 Å². The number of fused-ring (bicyclic) bond motifs is 1. The Bertz CT molecular complexity index is 899. The van der Waals surface area contributed by atoms with Gasteiger partial charge in [-0.05, 0) is 26.0 Å². The molecular formula is C16H15N3O2S. The molecule has 112 valence electrons. The Morgan fingerprint density at radius 3 is 2.73 bits per heavy atom. The third-order valence-electron chi connectivity index (χ3n) is 3.90. The number of aryl methyl sites for hydroxylation is 2. The first-order chi connectivity index (χ1) is 10.4. The lowest BCUT2D eigenvalue weighted by Crippen LogP contribution is -2.31. The number of ether oxygens (including phenoxy) is 1. The third kappa shape index (κ3) is 2.02. The highest BCUT2D eigenvalue weighted by molar-refractivity contribution is 7.12. The molecule has 0 saturated carbocycles. The normalized spacial score (nSPS) is 16.9. The van der Waals surface area contributed by atoms with Gasteiger partial charge < -0.3 is 15.0 Å². The lowest BCUT2D eigenvalue weighted by Gasteiger charge is -2.25. The minimum Gasteiger partial charge on any atom is -0.440 e. The Labute approximate surface area is 131 Å². The largest absolute Gasteiger partial charge is 0.440 e. The molecule has 0 bridgehead atoms. The molecule has 1 aliphatic rings. The van der Waals surface area contributed by atoms with Crippen molar-refractivity contribution in [2.45, 2.75) is 19.8 Å². The summed E-state index contributed by atoms with van der Waals surface area (Å²) < 4.78 is 7.10. The predicted octanol–water partition coefficient (Wildman–Crippen LogP) is 2.28. The molecule has 5 nitrogen and oxygen atoms in total. The Morgan fingerprint density at radius 2 is 2.14 bits per heavy atom. The van der Waals surface area contributed by atoms with Crippen LogP contribution < -0.4 is 16.0 Å². The fourth-order valence-electron chi connectivity index (χ4n) is 2.63. The van der Waals surface area contributed by atoms with Gasteiger partial charge in [0.1, 0.15) is 17.4 Å². The molecule has 0 radical (unpaired) electrons. The molecule has 2 N–H and O–H groups in total. The van der Waals surface area contributed by atoms with E-state index in [4.69, 9.17) is 10.5 Å². The van der Waals surface area contributed by atoms with E-state index in [0.29, 0.717) is 11.3 Å². The van der Waals surface area contributed by atoms with Crippen molar-refractivity contribution in [2.24, 2.45) is 12.8 Å². The van der Waals surface area contributed by atoms with Crippen molar-refractivity contribution < 1.29 is 4.74 Å². The van der Waals surface area contributed by atoms with E-state index in [1.807, 2.05) is 26.0 Å². The Hall–Kier alpha value is -2.52. The second-order valence-electron chi connectivity index (χ2n) is 5.30. The van der Waals surface area contributed by atoms with E-state index in [0.717, 1.165) is 15.4 Å². The Kier molecular flexibility index (Phi) is 3.30. The summed E-state index contributed by atoms with van der Waals surface area (Å²) in [4.78, 5) is 14.7. The maximum Gasteiger partial charge on any atom is 0.258 e. The fourth-order valence-corrected chi connectivity index (χ4v) is 3.63. The van der Waals surface area contributed by atoms with Crippen LogP contribution in [0.25, 0.3) is 0 Å². The summed E-state index contributed by atoms with van der Waals surface area (Å²) >= 11 is 1.55. The lowest BCUT2D eigenvalue weighted by atomic mass is 9.88. The van der Waals surface area contributed by atoms with Crippen molar-refractivity contribution in [2.75, 3.05) is 0 Å². The first-order valence-electron chi connectivity index (χ1n) is 6.78. The van der Waals surface area contributed by atoms with Crippen LogP contribution >= 0.6 is 11.3 Å². The molecule has 2 aromatic rings. The van der Waals surface area contributed by atoms with Crippen LogP contribution in [0.1, 0.15) is 26.9 Å². The van der Waals surface area contributed by atoms with Crippen LogP contribution in [-0.2, 0) is 7.05 Å². The number of pyridine rings is 1. The number of allylic oxidation sites excluding steroid dienone is 1. The van der Waals surface area contributed by atoms with Crippen LogP contribution in [0, 0.1) is 25.2 Å². The summed E-state index contributed by atoms with van der Waals surface area (Å²) in [5, 5.41) is 9.47. The summed E-state index contributed by atoms with van der Waals surface area (Å²) in [6.07, 6.45) is 0. The molecule has 0 aliphatic carbocycles. The monoisotopic (exact) mass is 313 g/mol. The lowest BCUT2D eigenvalue weighted by molar-refractivity contribution is 0.390. The topological polar surface area (TPSA) is 81.0 Å². The van der Waals surface area contributed by atoms with E-state index in [9.17, 15) is 10.1 Å². The minimum atomic E-state index is -0.466. The van der Waals surface area contributed by atoms with Gasteiger partial charge in [-0.1, -0.05) is 0 Å². The average molecular weight is 313 g/mol. The van der Waals surface area contributed by atoms with Crippen molar-refractivity contribution in [3.8, 4) is 11.8 Å². The third-order valence-corrected chi connectivity index (χ3v) is 4.96. The number of hydrogen-bond donors (Lipinski definition) is 1. The van der Waals surface area contributed by atoms with E-state index >= 15 is 0 Å². The molecule has 0 aromatic carbocycles. The highest BCUT2D eigenvalue weighted by Gasteiger charge is 2.34. The van der Waals surface area contributed by atoms with Crippen molar-refractivity contribution >= 4 is 11.3 Å². The zero-order valence-corrected chi connectivity index (χ0v) is 13.3. The van der Waals surface area contributed by atoms with Crippen LogP contribution in [0.3, 0.4) is 0 Å². The van der Waals surface area contributed by atoms with E-state index in [-0.39, 0.29) is 17.0 Å². The van der Waals surface area contributed by atoms with Crippen LogP contribution in [0.4, 0.5) is 0 Å². The molecule has 2 aromatic heterocycles. The van der Waals surface area contributed by atoms with Gasteiger partial charge in [0.05, 0.1) is 11.5 Å². The van der Waals surface area contributed by atoms with Gasteiger partial charge in [-0.3, -0.25) is 4.79 Å². The fraction of sp³-hybridized carbons (Fsp3) is 0.250. The molecule has 1 aliphatic heterocycles. The number of hydrogen-bond acceptors (Lipinski definition) is 5. The number of aromatic nitrogens is 1. The summed E-state index contributed by atoms with van der Waals surface area (Å²) in [7, 11) is 1.71. The molecule has 3 rings (SSSR count). The Balaban J connectivity index is 2.35. The molecule has 0 spiro atoms. The van der Waals surface area contributed by atoms with Gasteiger partial charge in [0.25, 0.3) is 5.56 Å². The number of nitriles is 1. The van der Waals surface area contributed by atoms with Gasteiger partial charge in [-0.15, -0.1) is 11.3 Å². The smallest absolute Gasteiger partial charge is 0.258 e. The van der Waals surface area contributed by atoms with Crippen molar-refractivity contribution in [3.05, 3.63) is 61.0 Å². The number of rotatable bonds is 1. The predicted molar refractivity (Wildman–Crippen MR) is 84.8 cm³/mol. The second-order valence-corrected chi connectivity index (χ2v) is 6.62. The number of thiophene rings is 1. The summed E-state index contributed by atoms with van der Waals surface area (Å²) in [5.41, 5.74) is 7.28. The zero-order valence-electron chi connectivity index (χ0n) is 12.5. The van der Waals surface area contributed by atoms with Gasteiger partial charge in [0, 0.05) is 28.6 Å². The highest BCUT2D eigenvalue weighted by atomic mass is 32.1. The molecular weight excluding hydrogens is 298 g/mol. The van der Waals surface area contributed by atoms with Gasteiger partial charge in [0.15, 0.2) is 0 Å². The molecule has 0 saturated heterocycles. The molecule has 0 amide bonds. The maximum absolute atomic E-state index is 12.7. The van der Waals surface area contributed by atoms with Gasteiger partial charge >= 0.3 is 0 Å². The quantitative estimate of drug-likeness (QED) is 0.876. The standard InChI is InChI=1S/C16H15N3O2S/c1-8-6-11-14(16(20)19(8)3)13(10(7-17)15(18)21-11)12-5-4-9(2)22-12/h4-6,13H,18H2,1-3H3/t13-/m1/s1. The molecule has 0 fully saturated rings.